The maximum absolute atomic E-state index is 15.2. The molecule has 1 aromatic heterocycles. The van der Waals surface area contributed by atoms with Crippen molar-refractivity contribution in [2.24, 2.45) is 11.7 Å². The van der Waals surface area contributed by atoms with Crippen LogP contribution in [-0.4, -0.2) is 39.5 Å². The molecule has 0 radical (unpaired) electrons. The number of hydrogen-bond donors (Lipinski definition) is 1. The first kappa shape index (κ1) is 26.5. The Balaban J connectivity index is 2.19. The number of aromatic nitrogens is 1. The van der Waals surface area contributed by atoms with E-state index in [1.54, 1.807) is 39.1 Å². The van der Waals surface area contributed by atoms with Gasteiger partial charge in [-0.2, -0.15) is 27.2 Å². The van der Waals surface area contributed by atoms with E-state index in [0.717, 1.165) is 10.6 Å². The summed E-state index contributed by atoms with van der Waals surface area (Å²) < 4.78 is 71.7. The Labute approximate surface area is 200 Å². The van der Waals surface area contributed by atoms with E-state index in [1.165, 1.54) is 24.3 Å². The molecule has 2 N–H and O–H groups in total. The fraction of sp³-hybridized carbons (Fsp3) is 0.480. The number of carbonyl (C=O) groups is 1. The first-order valence-electron chi connectivity index (χ1n) is 11.2. The summed E-state index contributed by atoms with van der Waals surface area (Å²) in [6, 6.07) is 6.48. The molecule has 2 aromatic rings. The highest BCUT2D eigenvalue weighted by atomic mass is 19.4. The summed E-state index contributed by atoms with van der Waals surface area (Å²) >= 11 is 0. The Morgan fingerprint density at radius 3 is 2.09 bits per heavy atom. The fourth-order valence-corrected chi connectivity index (χ4v) is 4.28. The topological polar surface area (TPSA) is 83.0 Å². The molecular weight excluding hydrogens is 467 g/mol. The zero-order chi connectivity index (χ0) is 26.2. The van der Waals surface area contributed by atoms with Crippen LogP contribution in [0.4, 0.5) is 22.0 Å². The Bertz CT molecular complexity index is 1090. The summed E-state index contributed by atoms with van der Waals surface area (Å²) in [4.78, 5) is 17.3. The van der Waals surface area contributed by atoms with Crippen molar-refractivity contribution in [1.29, 1.82) is 5.26 Å². The van der Waals surface area contributed by atoms with Crippen LogP contribution in [0.2, 0.25) is 0 Å². The molecule has 1 fully saturated rings. The van der Waals surface area contributed by atoms with Gasteiger partial charge in [-0.25, -0.2) is 0 Å². The van der Waals surface area contributed by atoms with Crippen LogP contribution < -0.4 is 5.73 Å². The van der Waals surface area contributed by atoms with Gasteiger partial charge in [0.05, 0.1) is 12.1 Å². The van der Waals surface area contributed by atoms with Gasteiger partial charge in [0.1, 0.15) is 11.6 Å². The van der Waals surface area contributed by atoms with E-state index in [2.05, 4.69) is 4.98 Å². The number of alkyl halides is 5. The lowest BCUT2D eigenvalue weighted by Crippen LogP contribution is -2.59. The SMILES string of the molecule is Cc1ccc(-c2ccc([C@H](N([C@@H](CC(C)C)C(N)=O)C3(C#N)CC3)C(F)(F)C(F)(F)F)cc2)cn1. The van der Waals surface area contributed by atoms with Crippen molar-refractivity contribution in [2.45, 2.75) is 69.8 Å². The van der Waals surface area contributed by atoms with Crippen LogP contribution in [0.1, 0.15) is 50.4 Å². The number of pyridine rings is 1. The molecule has 0 aliphatic heterocycles. The molecule has 188 valence electrons. The molecule has 5 nitrogen and oxygen atoms in total. The maximum atomic E-state index is 15.2. The smallest absolute Gasteiger partial charge is 0.368 e. The van der Waals surface area contributed by atoms with Crippen LogP contribution in [0, 0.1) is 24.2 Å². The molecule has 1 heterocycles. The molecule has 3 rings (SSSR count). The van der Waals surface area contributed by atoms with Crippen LogP contribution in [0.3, 0.4) is 0 Å². The summed E-state index contributed by atoms with van der Waals surface area (Å²) in [6.07, 6.45) is -4.32. The third-order valence-corrected chi connectivity index (χ3v) is 6.26. The largest absolute Gasteiger partial charge is 0.455 e. The van der Waals surface area contributed by atoms with E-state index in [-0.39, 0.29) is 30.7 Å². The van der Waals surface area contributed by atoms with Crippen molar-refractivity contribution in [3.8, 4) is 17.2 Å². The van der Waals surface area contributed by atoms with E-state index in [0.29, 0.717) is 11.1 Å². The predicted molar refractivity (Wildman–Crippen MR) is 120 cm³/mol. The molecule has 0 unspecified atom stereocenters. The van der Waals surface area contributed by atoms with Gasteiger partial charge < -0.3 is 5.73 Å². The summed E-state index contributed by atoms with van der Waals surface area (Å²) in [5.41, 5.74) is 5.50. The quantitative estimate of drug-likeness (QED) is 0.463. The molecule has 1 aliphatic carbocycles. The van der Waals surface area contributed by atoms with Crippen molar-refractivity contribution >= 4 is 5.91 Å². The summed E-state index contributed by atoms with van der Waals surface area (Å²) in [5.74, 6) is -6.57. The number of nitriles is 1. The number of rotatable bonds is 9. The van der Waals surface area contributed by atoms with E-state index in [9.17, 15) is 23.2 Å². The predicted octanol–water partition coefficient (Wildman–Crippen LogP) is 5.55. The Morgan fingerprint density at radius 1 is 1.11 bits per heavy atom. The van der Waals surface area contributed by atoms with Crippen molar-refractivity contribution in [2.75, 3.05) is 0 Å². The molecule has 0 saturated heterocycles. The second-order valence-electron chi connectivity index (χ2n) is 9.43. The molecule has 1 aliphatic rings. The van der Waals surface area contributed by atoms with Crippen molar-refractivity contribution in [3.05, 3.63) is 53.9 Å². The van der Waals surface area contributed by atoms with E-state index < -0.39 is 35.6 Å². The number of amides is 1. The van der Waals surface area contributed by atoms with Crippen LogP contribution in [0.5, 0.6) is 0 Å². The maximum Gasteiger partial charge on any atom is 0.455 e. The minimum absolute atomic E-state index is 0.0585. The van der Waals surface area contributed by atoms with Crippen LogP contribution in [-0.2, 0) is 4.79 Å². The molecule has 2 atom stereocenters. The first-order chi connectivity index (χ1) is 16.2. The average Bonchev–Trinajstić information content (AvgIpc) is 3.56. The van der Waals surface area contributed by atoms with E-state index >= 15 is 8.78 Å². The molecule has 1 saturated carbocycles. The van der Waals surface area contributed by atoms with Crippen molar-refractivity contribution in [3.63, 3.8) is 0 Å². The highest BCUT2D eigenvalue weighted by Crippen LogP contribution is 2.55. The van der Waals surface area contributed by atoms with Gasteiger partial charge in [-0.05, 0) is 49.3 Å². The molecule has 1 aromatic carbocycles. The lowest BCUT2D eigenvalue weighted by atomic mass is 9.90. The van der Waals surface area contributed by atoms with Gasteiger partial charge in [0.2, 0.25) is 5.91 Å². The molecule has 10 heteroatoms. The molecule has 1 amide bonds. The van der Waals surface area contributed by atoms with Gasteiger partial charge in [0.25, 0.3) is 0 Å². The lowest BCUT2D eigenvalue weighted by molar-refractivity contribution is -0.309. The number of nitrogens with two attached hydrogens (primary N) is 1. The monoisotopic (exact) mass is 494 g/mol. The number of nitrogens with zero attached hydrogens (tertiary/aromatic N) is 3. The normalized spacial score (nSPS) is 17.2. The second-order valence-corrected chi connectivity index (χ2v) is 9.43. The number of primary amides is 1. The van der Waals surface area contributed by atoms with Crippen molar-refractivity contribution < 1.29 is 26.7 Å². The number of benzene rings is 1. The van der Waals surface area contributed by atoms with Gasteiger partial charge >= 0.3 is 12.1 Å². The Hall–Kier alpha value is -3.06. The minimum Gasteiger partial charge on any atom is -0.368 e. The summed E-state index contributed by atoms with van der Waals surface area (Å²) in [7, 11) is 0. The highest BCUT2D eigenvalue weighted by Gasteiger charge is 2.69. The van der Waals surface area contributed by atoms with Gasteiger partial charge in [0, 0.05) is 17.5 Å². The zero-order valence-corrected chi connectivity index (χ0v) is 19.6. The van der Waals surface area contributed by atoms with Crippen LogP contribution in [0.15, 0.2) is 42.6 Å². The summed E-state index contributed by atoms with van der Waals surface area (Å²) in [5, 5.41) is 9.79. The zero-order valence-electron chi connectivity index (χ0n) is 19.6. The van der Waals surface area contributed by atoms with Gasteiger partial charge in [-0.1, -0.05) is 44.2 Å². The number of hydrogen-bond acceptors (Lipinski definition) is 4. The van der Waals surface area contributed by atoms with E-state index in [4.69, 9.17) is 5.73 Å². The standard InChI is InChI=1S/C25H27F5N4O/c1-15(2)12-20(22(32)35)34(23(14-31)10-11-23)21(24(26,27)25(28,29)30)18-8-6-17(7-9-18)19-5-4-16(3)33-13-19/h4-9,13,15,20-21H,10-12H2,1-3H3,(H2,32,35)/t20-,21-/m0/s1. The third-order valence-electron chi connectivity index (χ3n) is 6.26. The van der Waals surface area contributed by atoms with Crippen LogP contribution >= 0.6 is 0 Å². The molecule has 35 heavy (non-hydrogen) atoms. The lowest BCUT2D eigenvalue weighted by Gasteiger charge is -2.44. The van der Waals surface area contributed by atoms with Crippen LogP contribution in [0.25, 0.3) is 11.1 Å². The van der Waals surface area contributed by atoms with Gasteiger partial charge in [-0.3, -0.25) is 14.7 Å². The average molecular weight is 495 g/mol. The molecule has 0 bridgehead atoms. The number of aryl methyl sites for hydroxylation is 1. The van der Waals surface area contributed by atoms with Gasteiger partial charge in [-0.15, -0.1) is 0 Å². The number of carbonyl (C=O) groups excluding carboxylic acids is 1. The van der Waals surface area contributed by atoms with Gasteiger partial charge in [0.15, 0.2) is 0 Å². The Morgan fingerprint density at radius 2 is 1.69 bits per heavy atom. The van der Waals surface area contributed by atoms with Crippen molar-refractivity contribution in [1.82, 2.24) is 9.88 Å². The third kappa shape index (κ3) is 5.30. The summed E-state index contributed by atoms with van der Waals surface area (Å²) in [6.45, 7) is 5.18. The highest BCUT2D eigenvalue weighted by molar-refractivity contribution is 5.80. The first-order valence-corrected chi connectivity index (χ1v) is 11.2. The second kappa shape index (κ2) is 9.53. The number of halogens is 5. The molecule has 0 spiro atoms. The minimum atomic E-state index is -5.93. The van der Waals surface area contributed by atoms with E-state index in [1.807, 2.05) is 6.07 Å². The fourth-order valence-electron chi connectivity index (χ4n) is 4.28. The molecular formula is C25H27F5N4O. The Kier molecular flexibility index (Phi) is 7.23.